The second kappa shape index (κ2) is 12.1. The number of guanidine groups is 1. The quantitative estimate of drug-likeness (QED) is 0.138. The molecule has 0 heterocycles. The molecule has 0 atom stereocenters. The average Bonchev–Trinajstić information content (AvgIpc) is 2.64. The molecular weight excluding hydrogens is 445 g/mol. The number of hydrogen-bond acceptors (Lipinski definition) is 4. The Hall–Kier alpha value is -2.36. The summed E-state index contributed by atoms with van der Waals surface area (Å²) in [5.41, 5.74) is 1.86. The Morgan fingerprint density at radius 1 is 1.00 bits per heavy atom. The van der Waals surface area contributed by atoms with Crippen molar-refractivity contribution in [3.8, 4) is 0 Å². The highest BCUT2D eigenvalue weighted by Crippen LogP contribution is 2.22. The second-order valence-corrected chi connectivity index (χ2v) is 5.36. The minimum absolute atomic E-state index is 0. The fourth-order valence-corrected chi connectivity index (χ4v) is 2.35. The van der Waals surface area contributed by atoms with E-state index >= 15 is 0 Å². The molecule has 0 aliphatic heterocycles. The van der Waals surface area contributed by atoms with Gasteiger partial charge in [-0.25, -0.2) is 0 Å². The predicted octanol–water partition coefficient (Wildman–Crippen LogP) is 3.03. The maximum absolute atomic E-state index is 11.0. The zero-order valence-corrected chi connectivity index (χ0v) is 17.0. The van der Waals surface area contributed by atoms with Gasteiger partial charge in [-0.2, -0.15) is 0 Å². The van der Waals surface area contributed by atoms with Crippen LogP contribution in [0.4, 0.5) is 11.4 Å². The number of nitrogens with one attached hydrogen (secondary N) is 3. The first-order valence-electron chi connectivity index (χ1n) is 8.16. The third-order valence-corrected chi connectivity index (χ3v) is 3.61. The molecule has 26 heavy (non-hydrogen) atoms. The van der Waals surface area contributed by atoms with Gasteiger partial charge in [0.1, 0.15) is 5.69 Å². The predicted molar refractivity (Wildman–Crippen MR) is 117 cm³/mol. The smallest absolute Gasteiger partial charge is 0.292 e. The molecule has 0 fully saturated rings. The molecule has 0 spiro atoms. The number of benzene rings is 2. The SMILES string of the molecule is CN=C(NCCNc1ccccc1[N+](=O)[O-])NCCc1ccccc1.I. The van der Waals surface area contributed by atoms with Gasteiger partial charge in [0.2, 0.25) is 0 Å². The number of nitro groups is 1. The maximum Gasteiger partial charge on any atom is 0.292 e. The van der Waals surface area contributed by atoms with Crippen molar-refractivity contribution in [3.05, 3.63) is 70.3 Å². The van der Waals surface area contributed by atoms with Gasteiger partial charge in [0.25, 0.3) is 5.69 Å². The van der Waals surface area contributed by atoms with E-state index in [4.69, 9.17) is 0 Å². The molecule has 0 saturated carbocycles. The molecule has 8 heteroatoms. The normalized spacial score (nSPS) is 10.6. The Balaban J connectivity index is 0.00000338. The van der Waals surface area contributed by atoms with E-state index in [9.17, 15) is 10.1 Å². The molecule has 0 aliphatic carbocycles. The Morgan fingerprint density at radius 2 is 1.65 bits per heavy atom. The van der Waals surface area contributed by atoms with E-state index in [1.807, 2.05) is 18.2 Å². The van der Waals surface area contributed by atoms with E-state index in [0.717, 1.165) is 13.0 Å². The van der Waals surface area contributed by atoms with E-state index in [0.29, 0.717) is 24.7 Å². The molecular formula is C18H24IN5O2. The molecule has 2 rings (SSSR count). The van der Waals surface area contributed by atoms with Crippen LogP contribution in [-0.4, -0.2) is 37.6 Å². The summed E-state index contributed by atoms with van der Waals surface area (Å²) < 4.78 is 0. The monoisotopic (exact) mass is 469 g/mol. The number of rotatable bonds is 8. The van der Waals surface area contributed by atoms with Crippen molar-refractivity contribution < 1.29 is 4.92 Å². The molecule has 0 aliphatic rings. The van der Waals surface area contributed by atoms with Crippen molar-refractivity contribution in [1.29, 1.82) is 0 Å². The summed E-state index contributed by atoms with van der Waals surface area (Å²) in [6.45, 7) is 1.92. The van der Waals surface area contributed by atoms with Crippen LogP contribution in [0.1, 0.15) is 5.56 Å². The first-order valence-corrected chi connectivity index (χ1v) is 8.16. The summed E-state index contributed by atoms with van der Waals surface area (Å²) in [4.78, 5) is 14.7. The van der Waals surface area contributed by atoms with E-state index < -0.39 is 0 Å². The Kier molecular flexibility index (Phi) is 10.1. The largest absolute Gasteiger partial charge is 0.378 e. The molecule has 7 nitrogen and oxygen atoms in total. The number of nitro benzene ring substituents is 1. The highest BCUT2D eigenvalue weighted by molar-refractivity contribution is 14.0. The first-order chi connectivity index (χ1) is 12.2. The van der Waals surface area contributed by atoms with Crippen LogP contribution in [0.3, 0.4) is 0 Å². The Bertz CT molecular complexity index is 710. The highest BCUT2D eigenvalue weighted by Gasteiger charge is 2.11. The van der Waals surface area contributed by atoms with Crippen LogP contribution >= 0.6 is 24.0 Å². The maximum atomic E-state index is 11.0. The fraction of sp³-hybridized carbons (Fsp3) is 0.278. The second-order valence-electron chi connectivity index (χ2n) is 5.36. The van der Waals surface area contributed by atoms with Crippen LogP contribution in [0.2, 0.25) is 0 Å². The summed E-state index contributed by atoms with van der Waals surface area (Å²) >= 11 is 0. The van der Waals surface area contributed by atoms with Gasteiger partial charge in [-0.3, -0.25) is 15.1 Å². The average molecular weight is 469 g/mol. The number of aliphatic imine (C=N–C) groups is 1. The lowest BCUT2D eigenvalue weighted by Gasteiger charge is -2.13. The molecule has 0 saturated heterocycles. The van der Waals surface area contributed by atoms with E-state index in [2.05, 4.69) is 33.1 Å². The van der Waals surface area contributed by atoms with E-state index in [1.165, 1.54) is 11.6 Å². The van der Waals surface area contributed by atoms with Gasteiger partial charge in [-0.05, 0) is 18.1 Å². The fourth-order valence-electron chi connectivity index (χ4n) is 2.35. The summed E-state index contributed by atoms with van der Waals surface area (Å²) in [6.07, 6.45) is 0.913. The summed E-state index contributed by atoms with van der Waals surface area (Å²) in [5, 5.41) is 20.5. The zero-order valence-electron chi connectivity index (χ0n) is 14.6. The molecule has 0 bridgehead atoms. The minimum Gasteiger partial charge on any atom is -0.378 e. The van der Waals surface area contributed by atoms with Gasteiger partial charge in [0, 0.05) is 32.7 Å². The molecule has 0 radical (unpaired) electrons. The van der Waals surface area contributed by atoms with Crippen LogP contribution < -0.4 is 16.0 Å². The van der Waals surface area contributed by atoms with Crippen molar-refractivity contribution >= 4 is 41.3 Å². The Labute approximate surface area is 170 Å². The van der Waals surface area contributed by atoms with Crippen LogP contribution in [0.25, 0.3) is 0 Å². The molecule has 0 aromatic heterocycles. The van der Waals surface area contributed by atoms with Crippen LogP contribution in [0.15, 0.2) is 59.6 Å². The van der Waals surface area contributed by atoms with Crippen molar-refractivity contribution in [2.75, 3.05) is 32.0 Å². The Morgan fingerprint density at radius 3 is 2.35 bits per heavy atom. The molecule has 2 aromatic carbocycles. The van der Waals surface area contributed by atoms with Crippen LogP contribution in [0.5, 0.6) is 0 Å². The molecule has 3 N–H and O–H groups in total. The van der Waals surface area contributed by atoms with Crippen LogP contribution in [0, 0.1) is 10.1 Å². The number of para-hydroxylation sites is 2. The van der Waals surface area contributed by atoms with Crippen molar-refractivity contribution in [2.24, 2.45) is 4.99 Å². The summed E-state index contributed by atoms with van der Waals surface area (Å²) in [6, 6.07) is 16.8. The third kappa shape index (κ3) is 7.26. The molecule has 140 valence electrons. The standard InChI is InChI=1S/C18H23N5O2.HI/c1-19-18(21-12-11-15-7-3-2-4-8-15)22-14-13-20-16-9-5-6-10-17(16)23(24)25;/h2-10,20H,11-14H2,1H3,(H2,19,21,22);1H. The molecule has 2 aromatic rings. The summed E-state index contributed by atoms with van der Waals surface area (Å²) in [7, 11) is 1.72. The van der Waals surface area contributed by atoms with Gasteiger partial charge in [-0.15, -0.1) is 24.0 Å². The van der Waals surface area contributed by atoms with Crippen molar-refractivity contribution in [3.63, 3.8) is 0 Å². The van der Waals surface area contributed by atoms with Crippen LogP contribution in [-0.2, 0) is 6.42 Å². The van der Waals surface area contributed by atoms with E-state index in [-0.39, 0.29) is 34.6 Å². The lowest BCUT2D eigenvalue weighted by Crippen LogP contribution is -2.40. The van der Waals surface area contributed by atoms with Gasteiger partial charge in [0.15, 0.2) is 5.96 Å². The van der Waals surface area contributed by atoms with Gasteiger partial charge < -0.3 is 16.0 Å². The summed E-state index contributed by atoms with van der Waals surface area (Å²) in [5.74, 6) is 0.709. The third-order valence-electron chi connectivity index (χ3n) is 3.61. The topological polar surface area (TPSA) is 91.6 Å². The number of halogens is 1. The van der Waals surface area contributed by atoms with Gasteiger partial charge in [-0.1, -0.05) is 42.5 Å². The first kappa shape index (κ1) is 21.7. The lowest BCUT2D eigenvalue weighted by atomic mass is 10.1. The van der Waals surface area contributed by atoms with Gasteiger partial charge >= 0.3 is 0 Å². The molecule has 0 unspecified atom stereocenters. The van der Waals surface area contributed by atoms with Crippen molar-refractivity contribution in [2.45, 2.75) is 6.42 Å². The number of hydrogen-bond donors (Lipinski definition) is 3. The highest BCUT2D eigenvalue weighted by atomic mass is 127. The van der Waals surface area contributed by atoms with E-state index in [1.54, 1.807) is 25.2 Å². The number of nitrogens with zero attached hydrogens (tertiary/aromatic N) is 2. The zero-order chi connectivity index (χ0) is 17.9. The van der Waals surface area contributed by atoms with Gasteiger partial charge in [0.05, 0.1) is 4.92 Å². The van der Waals surface area contributed by atoms with Crippen molar-refractivity contribution in [1.82, 2.24) is 10.6 Å². The molecule has 0 amide bonds. The number of anilines is 1. The minimum atomic E-state index is -0.389. The lowest BCUT2D eigenvalue weighted by molar-refractivity contribution is -0.384.